The third kappa shape index (κ3) is 5.52. The smallest absolute Gasteiger partial charge is 0.237 e. The summed E-state index contributed by atoms with van der Waals surface area (Å²) in [5.74, 6) is 1.10. The summed E-state index contributed by atoms with van der Waals surface area (Å²) in [7, 11) is 1.68. The molecule has 0 spiro atoms. The highest BCUT2D eigenvalue weighted by Crippen LogP contribution is 2.18. The first kappa shape index (κ1) is 18.8. The topological polar surface area (TPSA) is 41.6 Å². The van der Waals surface area contributed by atoms with Crippen LogP contribution in [0.5, 0.6) is 5.75 Å². The Hall–Kier alpha value is -1.55. The van der Waals surface area contributed by atoms with Crippen LogP contribution in [0.15, 0.2) is 24.3 Å². The lowest BCUT2D eigenvalue weighted by Crippen LogP contribution is -2.51. The fourth-order valence-corrected chi connectivity index (χ4v) is 3.43. The van der Waals surface area contributed by atoms with Crippen molar-refractivity contribution in [2.75, 3.05) is 20.2 Å². The Balaban J connectivity index is 1.79. The first-order chi connectivity index (χ1) is 11.6. The van der Waals surface area contributed by atoms with Gasteiger partial charge in [0.05, 0.1) is 13.2 Å². The van der Waals surface area contributed by atoms with Crippen molar-refractivity contribution in [3.8, 4) is 5.75 Å². The molecule has 2 atom stereocenters. The lowest BCUT2D eigenvalue weighted by molar-refractivity contribution is -0.128. The van der Waals surface area contributed by atoms with Gasteiger partial charge < -0.3 is 10.1 Å². The van der Waals surface area contributed by atoms with E-state index in [0.717, 1.165) is 44.5 Å². The molecule has 0 bridgehead atoms. The van der Waals surface area contributed by atoms with Crippen LogP contribution in [-0.2, 0) is 11.2 Å². The minimum Gasteiger partial charge on any atom is -0.497 e. The summed E-state index contributed by atoms with van der Waals surface area (Å²) in [5, 5.41) is 3.23. The van der Waals surface area contributed by atoms with Crippen molar-refractivity contribution in [2.45, 2.75) is 64.5 Å². The zero-order valence-electron chi connectivity index (χ0n) is 15.4. The molecule has 1 N–H and O–H groups in total. The number of nitrogens with one attached hydrogen (secondary N) is 1. The molecule has 2 rings (SSSR count). The number of aryl methyl sites for hydroxylation is 1. The average Bonchev–Trinajstić information content (AvgIpc) is 2.61. The molecule has 4 nitrogen and oxygen atoms in total. The number of ether oxygens (including phenoxy) is 1. The third-order valence-corrected chi connectivity index (χ3v) is 4.84. The molecule has 1 aliphatic heterocycles. The van der Waals surface area contributed by atoms with E-state index in [1.165, 1.54) is 18.4 Å². The minimum absolute atomic E-state index is 0.0714. The molecule has 0 aliphatic carbocycles. The number of rotatable bonds is 8. The molecule has 134 valence electrons. The van der Waals surface area contributed by atoms with Gasteiger partial charge in [-0.25, -0.2) is 0 Å². The Morgan fingerprint density at radius 3 is 2.75 bits per heavy atom. The first-order valence-corrected chi connectivity index (χ1v) is 9.31. The molecule has 24 heavy (non-hydrogen) atoms. The van der Waals surface area contributed by atoms with Crippen LogP contribution < -0.4 is 10.1 Å². The molecule has 1 saturated heterocycles. The van der Waals surface area contributed by atoms with Crippen LogP contribution in [0.25, 0.3) is 0 Å². The largest absolute Gasteiger partial charge is 0.497 e. The van der Waals surface area contributed by atoms with Crippen LogP contribution in [0.2, 0.25) is 0 Å². The molecular formula is C20H32N2O2. The Labute approximate surface area is 146 Å². The van der Waals surface area contributed by atoms with Crippen LogP contribution in [0.3, 0.4) is 0 Å². The molecule has 0 radical (unpaired) electrons. The first-order valence-electron chi connectivity index (χ1n) is 9.31. The van der Waals surface area contributed by atoms with Crippen molar-refractivity contribution in [3.05, 3.63) is 29.8 Å². The van der Waals surface area contributed by atoms with Gasteiger partial charge in [-0.1, -0.05) is 25.5 Å². The van der Waals surface area contributed by atoms with E-state index in [9.17, 15) is 4.79 Å². The van der Waals surface area contributed by atoms with Gasteiger partial charge in [0.15, 0.2) is 0 Å². The normalized spacial score (nSPS) is 19.7. The van der Waals surface area contributed by atoms with E-state index in [2.05, 4.69) is 36.2 Å². The summed E-state index contributed by atoms with van der Waals surface area (Å²) < 4.78 is 5.18. The number of carbonyl (C=O) groups excluding carboxylic acids is 1. The third-order valence-electron chi connectivity index (χ3n) is 4.84. The summed E-state index contributed by atoms with van der Waals surface area (Å²) in [6, 6.07) is 8.44. The molecule has 1 aromatic carbocycles. The maximum Gasteiger partial charge on any atom is 0.237 e. The molecule has 0 saturated carbocycles. The van der Waals surface area contributed by atoms with E-state index in [4.69, 9.17) is 4.74 Å². The van der Waals surface area contributed by atoms with Crippen molar-refractivity contribution in [1.29, 1.82) is 0 Å². The number of carbonyl (C=O) groups is 1. The van der Waals surface area contributed by atoms with E-state index in [-0.39, 0.29) is 18.0 Å². The van der Waals surface area contributed by atoms with Crippen LogP contribution in [-0.4, -0.2) is 43.1 Å². The van der Waals surface area contributed by atoms with Gasteiger partial charge >= 0.3 is 0 Å². The van der Waals surface area contributed by atoms with E-state index >= 15 is 0 Å². The average molecular weight is 332 g/mol. The Morgan fingerprint density at radius 1 is 1.33 bits per heavy atom. The number of methoxy groups -OCH3 is 1. The summed E-state index contributed by atoms with van der Waals surface area (Å²) in [5.41, 5.74) is 1.28. The van der Waals surface area contributed by atoms with Crippen LogP contribution in [0, 0.1) is 0 Å². The van der Waals surface area contributed by atoms with Gasteiger partial charge in [0.1, 0.15) is 5.75 Å². The fraction of sp³-hybridized carbons (Fsp3) is 0.650. The van der Waals surface area contributed by atoms with E-state index < -0.39 is 0 Å². The van der Waals surface area contributed by atoms with Crippen LogP contribution in [0.4, 0.5) is 0 Å². The highest BCUT2D eigenvalue weighted by Gasteiger charge is 2.28. The predicted molar refractivity (Wildman–Crippen MR) is 98.4 cm³/mol. The number of hydrogen-bond acceptors (Lipinski definition) is 3. The predicted octanol–water partition coefficient (Wildman–Crippen LogP) is 3.40. The zero-order chi connectivity index (χ0) is 17.4. The van der Waals surface area contributed by atoms with Crippen molar-refractivity contribution in [1.82, 2.24) is 10.2 Å². The van der Waals surface area contributed by atoms with Gasteiger partial charge in [0, 0.05) is 6.04 Å². The Bertz CT molecular complexity index is 499. The van der Waals surface area contributed by atoms with E-state index in [0.29, 0.717) is 0 Å². The van der Waals surface area contributed by atoms with Crippen molar-refractivity contribution < 1.29 is 9.53 Å². The summed E-state index contributed by atoms with van der Waals surface area (Å²) in [6.07, 6.45) is 6.41. The second-order valence-electron chi connectivity index (χ2n) is 6.84. The molecule has 1 heterocycles. The highest BCUT2D eigenvalue weighted by atomic mass is 16.5. The Kier molecular flexibility index (Phi) is 7.57. The summed E-state index contributed by atoms with van der Waals surface area (Å²) in [6.45, 7) is 6.37. The van der Waals surface area contributed by atoms with Gasteiger partial charge in [0.2, 0.25) is 5.91 Å². The quantitative estimate of drug-likeness (QED) is 0.793. The van der Waals surface area contributed by atoms with Gasteiger partial charge in [0.25, 0.3) is 0 Å². The van der Waals surface area contributed by atoms with Crippen molar-refractivity contribution in [2.24, 2.45) is 0 Å². The zero-order valence-corrected chi connectivity index (χ0v) is 15.4. The lowest BCUT2D eigenvalue weighted by Gasteiger charge is -2.35. The molecule has 1 amide bonds. The second-order valence-corrected chi connectivity index (χ2v) is 6.84. The molecule has 2 unspecified atom stereocenters. The summed E-state index contributed by atoms with van der Waals surface area (Å²) in [4.78, 5) is 15.0. The number of hydrogen-bond donors (Lipinski definition) is 1. The molecule has 4 heteroatoms. The van der Waals surface area contributed by atoms with Gasteiger partial charge in [-0.05, 0) is 69.8 Å². The van der Waals surface area contributed by atoms with Gasteiger partial charge in [-0.2, -0.15) is 0 Å². The Morgan fingerprint density at radius 2 is 2.08 bits per heavy atom. The molecule has 1 aliphatic rings. The molecule has 1 fully saturated rings. The molecule has 1 aromatic rings. The second kappa shape index (κ2) is 9.67. The number of nitrogens with zero attached hydrogens (tertiary/aromatic N) is 1. The van der Waals surface area contributed by atoms with Crippen LogP contribution in [0.1, 0.15) is 51.5 Å². The summed E-state index contributed by atoms with van der Waals surface area (Å²) >= 11 is 0. The number of benzene rings is 1. The maximum atomic E-state index is 12.6. The van der Waals surface area contributed by atoms with Crippen molar-refractivity contribution in [3.63, 3.8) is 0 Å². The van der Waals surface area contributed by atoms with Gasteiger partial charge in [-0.15, -0.1) is 0 Å². The van der Waals surface area contributed by atoms with E-state index in [1.807, 2.05) is 12.1 Å². The maximum absolute atomic E-state index is 12.6. The lowest BCUT2D eigenvalue weighted by atomic mass is 10.00. The highest BCUT2D eigenvalue weighted by molar-refractivity contribution is 5.82. The molecule has 0 aromatic heterocycles. The fourth-order valence-electron chi connectivity index (χ4n) is 3.43. The number of amides is 1. The minimum atomic E-state index is 0.0714. The van der Waals surface area contributed by atoms with Crippen molar-refractivity contribution >= 4 is 5.91 Å². The standard InChI is InChI=1S/C20H32N2O2/c1-4-14-22-15-6-5-7-19(22)20(23)21-16(2)8-9-17-10-12-18(24-3)13-11-17/h10-13,16,19H,4-9,14-15H2,1-3H3,(H,21,23). The SMILES string of the molecule is CCCN1CCCCC1C(=O)NC(C)CCc1ccc(OC)cc1. The number of likely N-dealkylation sites (tertiary alicyclic amines) is 1. The monoisotopic (exact) mass is 332 g/mol. The van der Waals surface area contributed by atoms with E-state index in [1.54, 1.807) is 7.11 Å². The molecular weight excluding hydrogens is 300 g/mol. The van der Waals surface area contributed by atoms with Crippen LogP contribution >= 0.6 is 0 Å². The van der Waals surface area contributed by atoms with Gasteiger partial charge in [-0.3, -0.25) is 9.69 Å². The number of piperidine rings is 1.